The zero-order valence-electron chi connectivity index (χ0n) is 16.6. The Morgan fingerprint density at radius 3 is 2.71 bits per heavy atom. The van der Waals surface area contributed by atoms with Crippen molar-refractivity contribution >= 4 is 0 Å². The third kappa shape index (κ3) is 2.87. The summed E-state index contributed by atoms with van der Waals surface area (Å²) in [5.41, 5.74) is 3.97. The van der Waals surface area contributed by atoms with E-state index in [2.05, 4.69) is 37.3 Å². The van der Waals surface area contributed by atoms with Gasteiger partial charge in [-0.25, -0.2) is 0 Å². The van der Waals surface area contributed by atoms with Crippen LogP contribution in [0.5, 0.6) is 5.75 Å². The van der Waals surface area contributed by atoms with Crippen molar-refractivity contribution in [3.05, 3.63) is 65.2 Å². The van der Waals surface area contributed by atoms with Crippen molar-refractivity contribution in [2.24, 2.45) is 17.3 Å². The molecule has 2 fully saturated rings. The van der Waals surface area contributed by atoms with Gasteiger partial charge in [0.05, 0.1) is 12.2 Å². The lowest BCUT2D eigenvalue weighted by molar-refractivity contribution is -0.0505. The van der Waals surface area contributed by atoms with Gasteiger partial charge < -0.3 is 14.9 Å². The van der Waals surface area contributed by atoms with E-state index in [-0.39, 0.29) is 5.41 Å². The molecule has 0 aromatic heterocycles. The standard InChI is InChI=1S/C25H30O3/c1-25-12-11-20-19-10-8-18(28-15-16-5-3-2-4-6-16)13-17(19)7-9-21(20)22(25)14-23(26)24(25)27/h2-6,8,10,13,20-24,26-27H,7,9,11-12,14-15H2,1H3/t20-,21-,22+,23+,24+,25+/m1/s1. The van der Waals surface area contributed by atoms with E-state index >= 15 is 0 Å². The molecule has 0 radical (unpaired) electrons. The fourth-order valence-corrected chi connectivity index (χ4v) is 6.38. The average molecular weight is 379 g/mol. The number of aliphatic hydroxyl groups excluding tert-OH is 2. The predicted octanol–water partition coefficient (Wildman–Crippen LogP) is 4.45. The van der Waals surface area contributed by atoms with Crippen LogP contribution in [-0.4, -0.2) is 22.4 Å². The van der Waals surface area contributed by atoms with Crippen LogP contribution in [0.25, 0.3) is 0 Å². The van der Waals surface area contributed by atoms with Crippen LogP contribution in [0.4, 0.5) is 0 Å². The summed E-state index contributed by atoms with van der Waals surface area (Å²) in [4.78, 5) is 0. The van der Waals surface area contributed by atoms with Crippen molar-refractivity contribution in [3.63, 3.8) is 0 Å². The topological polar surface area (TPSA) is 49.7 Å². The number of fused-ring (bicyclic) bond motifs is 5. The lowest BCUT2D eigenvalue weighted by atomic mass is 9.55. The molecule has 2 aromatic rings. The van der Waals surface area contributed by atoms with E-state index < -0.39 is 12.2 Å². The summed E-state index contributed by atoms with van der Waals surface area (Å²) in [7, 11) is 0. The second-order valence-electron chi connectivity index (χ2n) is 9.34. The monoisotopic (exact) mass is 378 g/mol. The Labute approximate surface area is 167 Å². The fraction of sp³-hybridized carbons (Fsp3) is 0.520. The van der Waals surface area contributed by atoms with Gasteiger partial charge in [-0.3, -0.25) is 0 Å². The molecule has 0 amide bonds. The summed E-state index contributed by atoms with van der Waals surface area (Å²) in [5, 5.41) is 20.9. The SMILES string of the molecule is C[C@]12CC[C@@H]3c4ccc(OCc5ccccc5)cc4CC[C@H]3[C@@H]1C[C@H](O)[C@@H]2O. The van der Waals surface area contributed by atoms with Gasteiger partial charge in [0.25, 0.3) is 0 Å². The number of aliphatic hydroxyl groups is 2. The molecule has 5 rings (SSSR count). The molecule has 148 valence electrons. The number of aryl methyl sites for hydroxylation is 1. The van der Waals surface area contributed by atoms with Gasteiger partial charge in [-0.15, -0.1) is 0 Å². The Hall–Kier alpha value is -1.84. The van der Waals surface area contributed by atoms with Crippen molar-refractivity contribution in [3.8, 4) is 5.75 Å². The minimum Gasteiger partial charge on any atom is -0.489 e. The first kappa shape index (κ1) is 18.2. The van der Waals surface area contributed by atoms with E-state index in [4.69, 9.17) is 4.74 Å². The molecule has 0 unspecified atom stereocenters. The second kappa shape index (κ2) is 6.89. The molecular weight excluding hydrogens is 348 g/mol. The van der Waals surface area contributed by atoms with Crippen LogP contribution in [0.1, 0.15) is 55.2 Å². The zero-order chi connectivity index (χ0) is 19.3. The van der Waals surface area contributed by atoms with E-state index in [9.17, 15) is 10.2 Å². The molecule has 3 aliphatic rings. The summed E-state index contributed by atoms with van der Waals surface area (Å²) in [6, 6.07) is 16.9. The van der Waals surface area contributed by atoms with E-state index in [1.165, 1.54) is 16.7 Å². The van der Waals surface area contributed by atoms with Crippen LogP contribution in [0, 0.1) is 17.3 Å². The third-order valence-corrected chi connectivity index (χ3v) is 7.92. The Morgan fingerprint density at radius 2 is 1.89 bits per heavy atom. The molecule has 3 nitrogen and oxygen atoms in total. The molecule has 0 heterocycles. The van der Waals surface area contributed by atoms with E-state index in [0.29, 0.717) is 24.4 Å². The fourth-order valence-electron chi connectivity index (χ4n) is 6.38. The van der Waals surface area contributed by atoms with Crippen LogP contribution < -0.4 is 4.74 Å². The first-order valence-electron chi connectivity index (χ1n) is 10.7. The first-order valence-corrected chi connectivity index (χ1v) is 10.7. The smallest absolute Gasteiger partial charge is 0.120 e. The maximum absolute atomic E-state index is 10.6. The van der Waals surface area contributed by atoms with Crippen LogP contribution >= 0.6 is 0 Å². The normalized spacial score (nSPS) is 36.3. The van der Waals surface area contributed by atoms with E-state index in [0.717, 1.165) is 37.9 Å². The molecule has 28 heavy (non-hydrogen) atoms. The minimum absolute atomic E-state index is 0.114. The van der Waals surface area contributed by atoms with Gasteiger partial charge in [0.1, 0.15) is 12.4 Å². The molecule has 0 bridgehead atoms. The molecular formula is C25H30O3. The Bertz CT molecular complexity index is 848. The highest BCUT2D eigenvalue weighted by Gasteiger charge is 2.57. The molecule has 3 aliphatic carbocycles. The highest BCUT2D eigenvalue weighted by molar-refractivity contribution is 5.41. The summed E-state index contributed by atoms with van der Waals surface area (Å²) in [5.74, 6) is 2.52. The maximum atomic E-state index is 10.6. The van der Waals surface area contributed by atoms with Gasteiger partial charge in [-0.1, -0.05) is 43.3 Å². The third-order valence-electron chi connectivity index (χ3n) is 7.92. The summed E-state index contributed by atoms with van der Waals surface area (Å²) in [6.07, 6.45) is 3.98. The Morgan fingerprint density at radius 1 is 1.07 bits per heavy atom. The highest BCUT2D eigenvalue weighted by Crippen LogP contribution is 2.60. The first-order chi connectivity index (χ1) is 13.6. The summed E-state index contributed by atoms with van der Waals surface area (Å²) in [6.45, 7) is 2.80. The maximum Gasteiger partial charge on any atom is 0.120 e. The lowest BCUT2D eigenvalue weighted by Gasteiger charge is -2.49. The zero-order valence-corrected chi connectivity index (χ0v) is 16.6. The highest BCUT2D eigenvalue weighted by atomic mass is 16.5. The second-order valence-corrected chi connectivity index (χ2v) is 9.34. The molecule has 3 heteroatoms. The number of rotatable bonds is 3. The Kier molecular flexibility index (Phi) is 4.48. The average Bonchev–Trinajstić information content (AvgIpc) is 2.96. The lowest BCUT2D eigenvalue weighted by Crippen LogP contribution is -2.44. The molecule has 0 aliphatic heterocycles. The van der Waals surface area contributed by atoms with Gasteiger partial charge in [-0.2, -0.15) is 0 Å². The molecule has 2 N–H and O–H groups in total. The molecule has 6 atom stereocenters. The number of hydrogen-bond donors (Lipinski definition) is 2. The van der Waals surface area contributed by atoms with Crippen molar-refractivity contribution < 1.29 is 14.9 Å². The minimum atomic E-state index is -0.561. The molecule has 0 saturated heterocycles. The number of ether oxygens (including phenoxy) is 1. The van der Waals surface area contributed by atoms with Gasteiger partial charge >= 0.3 is 0 Å². The van der Waals surface area contributed by atoms with Crippen molar-refractivity contribution in [1.29, 1.82) is 0 Å². The van der Waals surface area contributed by atoms with Crippen LogP contribution in [0.3, 0.4) is 0 Å². The largest absolute Gasteiger partial charge is 0.489 e. The van der Waals surface area contributed by atoms with Crippen molar-refractivity contribution in [2.75, 3.05) is 0 Å². The van der Waals surface area contributed by atoms with Crippen molar-refractivity contribution in [1.82, 2.24) is 0 Å². The summed E-state index contributed by atoms with van der Waals surface area (Å²) >= 11 is 0. The van der Waals surface area contributed by atoms with Gasteiger partial charge in [0.15, 0.2) is 0 Å². The number of hydrogen-bond acceptors (Lipinski definition) is 3. The van der Waals surface area contributed by atoms with E-state index in [1.54, 1.807) is 0 Å². The predicted molar refractivity (Wildman–Crippen MR) is 109 cm³/mol. The van der Waals surface area contributed by atoms with Gasteiger partial charge in [-0.05, 0) is 84.1 Å². The van der Waals surface area contributed by atoms with Crippen molar-refractivity contribution in [2.45, 2.75) is 63.8 Å². The molecule has 2 saturated carbocycles. The quantitative estimate of drug-likeness (QED) is 0.829. The molecule has 0 spiro atoms. The molecule has 2 aromatic carbocycles. The summed E-state index contributed by atoms with van der Waals surface area (Å²) < 4.78 is 6.04. The van der Waals surface area contributed by atoms with Crippen LogP contribution in [-0.2, 0) is 13.0 Å². The Balaban J connectivity index is 1.35. The van der Waals surface area contributed by atoms with Gasteiger partial charge in [0, 0.05) is 0 Å². The van der Waals surface area contributed by atoms with E-state index in [1.807, 2.05) is 18.2 Å². The number of benzene rings is 2. The van der Waals surface area contributed by atoms with Crippen LogP contribution in [0.15, 0.2) is 48.5 Å². The van der Waals surface area contributed by atoms with Gasteiger partial charge in [0.2, 0.25) is 0 Å². The van der Waals surface area contributed by atoms with Crippen LogP contribution in [0.2, 0.25) is 0 Å².